The largest absolute Gasteiger partial charge is 0.493 e. The lowest BCUT2D eigenvalue weighted by atomic mass is 9.85. The summed E-state index contributed by atoms with van der Waals surface area (Å²) in [7, 11) is 3.09. The predicted molar refractivity (Wildman–Crippen MR) is 96.7 cm³/mol. The molecule has 1 aromatic carbocycles. The van der Waals surface area contributed by atoms with Crippen LogP contribution in [0.1, 0.15) is 32.1 Å². The maximum absolute atomic E-state index is 12.5. The predicted octanol–water partition coefficient (Wildman–Crippen LogP) is 2.36. The van der Waals surface area contributed by atoms with E-state index in [0.717, 1.165) is 25.7 Å². The van der Waals surface area contributed by atoms with Crippen LogP contribution in [0.25, 0.3) is 0 Å². The Morgan fingerprint density at radius 3 is 2.62 bits per heavy atom. The van der Waals surface area contributed by atoms with E-state index >= 15 is 0 Å². The number of nitrogens with one attached hydrogen (secondary N) is 1. The highest BCUT2D eigenvalue weighted by Crippen LogP contribution is 2.39. The van der Waals surface area contributed by atoms with Gasteiger partial charge in [-0.05, 0) is 37.3 Å². The Kier molecular flexibility index (Phi) is 5.66. The van der Waals surface area contributed by atoms with E-state index in [1.54, 1.807) is 25.3 Å². The molecule has 1 amide bonds. The minimum atomic E-state index is -0.835. The molecule has 1 heterocycles. The van der Waals surface area contributed by atoms with Gasteiger partial charge in [0, 0.05) is 17.8 Å². The Labute approximate surface area is 153 Å². The number of rotatable bonds is 6. The summed E-state index contributed by atoms with van der Waals surface area (Å²) in [5.41, 5.74) is 0.596. The van der Waals surface area contributed by atoms with Crippen molar-refractivity contribution >= 4 is 17.6 Å². The Bertz CT molecular complexity index is 678. The first-order chi connectivity index (χ1) is 12.5. The van der Waals surface area contributed by atoms with Gasteiger partial charge in [-0.1, -0.05) is 12.8 Å². The first-order valence-corrected chi connectivity index (χ1v) is 9.04. The van der Waals surface area contributed by atoms with Gasteiger partial charge in [0.1, 0.15) is 6.04 Å². The Morgan fingerprint density at radius 1 is 1.19 bits per heavy atom. The van der Waals surface area contributed by atoms with Crippen LogP contribution in [0, 0.1) is 5.92 Å². The molecule has 26 heavy (non-hydrogen) atoms. The SMILES string of the molecule is COc1ccc(NC(=O)CN2C(C(=O)O)CC3CCCCC32)cc1OC. The van der Waals surface area contributed by atoms with Gasteiger partial charge >= 0.3 is 5.97 Å². The number of aliphatic carboxylic acids is 1. The molecule has 2 N–H and O–H groups in total. The van der Waals surface area contributed by atoms with E-state index in [9.17, 15) is 14.7 Å². The molecule has 1 saturated carbocycles. The van der Waals surface area contributed by atoms with Crippen molar-refractivity contribution in [3.63, 3.8) is 0 Å². The number of carbonyl (C=O) groups excluding carboxylic acids is 1. The number of likely N-dealkylation sites (tertiary alicyclic amines) is 1. The van der Waals surface area contributed by atoms with Crippen LogP contribution in [-0.4, -0.2) is 54.7 Å². The van der Waals surface area contributed by atoms with Crippen LogP contribution in [0.15, 0.2) is 18.2 Å². The molecule has 3 rings (SSSR count). The summed E-state index contributed by atoms with van der Waals surface area (Å²) < 4.78 is 10.4. The second-order valence-electron chi connectivity index (χ2n) is 6.99. The Hall–Kier alpha value is -2.28. The standard InChI is InChI=1S/C19H26N2O5/c1-25-16-8-7-13(10-17(16)26-2)20-18(22)11-21-14-6-4-3-5-12(14)9-15(21)19(23)24/h7-8,10,12,14-15H,3-6,9,11H2,1-2H3,(H,20,22)(H,23,24). The monoisotopic (exact) mass is 362 g/mol. The quantitative estimate of drug-likeness (QED) is 0.808. The molecule has 142 valence electrons. The number of carboxylic acid groups (broad SMARTS) is 1. The van der Waals surface area contributed by atoms with E-state index in [1.807, 2.05) is 4.90 Å². The molecule has 0 bridgehead atoms. The number of carbonyl (C=O) groups is 2. The number of amides is 1. The van der Waals surface area contributed by atoms with Crippen LogP contribution >= 0.6 is 0 Å². The van der Waals surface area contributed by atoms with Gasteiger partial charge in [-0.2, -0.15) is 0 Å². The molecule has 2 fully saturated rings. The lowest BCUT2D eigenvalue weighted by molar-refractivity contribution is -0.143. The van der Waals surface area contributed by atoms with Crippen molar-refractivity contribution in [2.45, 2.75) is 44.2 Å². The van der Waals surface area contributed by atoms with Crippen molar-refractivity contribution in [1.29, 1.82) is 0 Å². The van der Waals surface area contributed by atoms with Gasteiger partial charge in [-0.3, -0.25) is 14.5 Å². The van der Waals surface area contributed by atoms with Crippen molar-refractivity contribution in [2.75, 3.05) is 26.1 Å². The van der Waals surface area contributed by atoms with Gasteiger partial charge in [0.15, 0.2) is 11.5 Å². The fourth-order valence-electron chi connectivity index (χ4n) is 4.30. The first-order valence-electron chi connectivity index (χ1n) is 9.04. The number of hydrogen-bond donors (Lipinski definition) is 2. The molecule has 0 spiro atoms. The number of fused-ring (bicyclic) bond motifs is 1. The summed E-state index contributed by atoms with van der Waals surface area (Å²) in [5, 5.41) is 12.4. The molecule has 1 aliphatic carbocycles. The smallest absolute Gasteiger partial charge is 0.320 e. The van der Waals surface area contributed by atoms with E-state index in [4.69, 9.17) is 9.47 Å². The minimum Gasteiger partial charge on any atom is -0.493 e. The van der Waals surface area contributed by atoms with E-state index < -0.39 is 12.0 Å². The van der Waals surface area contributed by atoms with Crippen LogP contribution < -0.4 is 14.8 Å². The van der Waals surface area contributed by atoms with Crippen molar-refractivity contribution in [2.24, 2.45) is 5.92 Å². The average molecular weight is 362 g/mol. The maximum atomic E-state index is 12.5. The van der Waals surface area contributed by atoms with Crippen LogP contribution in [0.5, 0.6) is 11.5 Å². The van der Waals surface area contributed by atoms with Gasteiger partial charge in [0.25, 0.3) is 0 Å². The van der Waals surface area contributed by atoms with E-state index in [0.29, 0.717) is 29.5 Å². The fourth-order valence-corrected chi connectivity index (χ4v) is 4.30. The number of hydrogen-bond acceptors (Lipinski definition) is 5. The molecule has 0 aromatic heterocycles. The summed E-state index contributed by atoms with van der Waals surface area (Å²) in [4.78, 5) is 26.1. The van der Waals surface area contributed by atoms with Gasteiger partial charge in [-0.25, -0.2) is 0 Å². The van der Waals surface area contributed by atoms with Crippen LogP contribution in [0.2, 0.25) is 0 Å². The Morgan fingerprint density at radius 2 is 1.92 bits per heavy atom. The highest BCUT2D eigenvalue weighted by atomic mass is 16.5. The third-order valence-corrected chi connectivity index (χ3v) is 5.50. The van der Waals surface area contributed by atoms with Crippen molar-refractivity contribution in [1.82, 2.24) is 4.90 Å². The molecule has 1 saturated heterocycles. The third-order valence-electron chi connectivity index (χ3n) is 5.50. The van der Waals surface area contributed by atoms with Crippen molar-refractivity contribution in [3.05, 3.63) is 18.2 Å². The minimum absolute atomic E-state index is 0.0898. The average Bonchev–Trinajstić information content (AvgIpc) is 3.00. The van der Waals surface area contributed by atoms with Crippen LogP contribution in [0.4, 0.5) is 5.69 Å². The molecular weight excluding hydrogens is 336 g/mol. The van der Waals surface area contributed by atoms with Crippen molar-refractivity contribution < 1.29 is 24.2 Å². The van der Waals surface area contributed by atoms with Gasteiger partial charge < -0.3 is 19.9 Å². The maximum Gasteiger partial charge on any atom is 0.320 e. The normalized spacial score (nSPS) is 25.4. The van der Waals surface area contributed by atoms with Crippen molar-refractivity contribution in [3.8, 4) is 11.5 Å². The molecule has 7 heteroatoms. The molecular formula is C19H26N2O5. The lowest BCUT2D eigenvalue weighted by Crippen LogP contribution is -2.46. The summed E-state index contributed by atoms with van der Waals surface area (Å²) in [6.45, 7) is 0.0898. The van der Waals surface area contributed by atoms with Gasteiger partial charge in [0.05, 0.1) is 20.8 Å². The summed E-state index contributed by atoms with van der Waals surface area (Å²) >= 11 is 0. The number of ether oxygens (including phenoxy) is 2. The van der Waals surface area contributed by atoms with Crippen LogP contribution in [-0.2, 0) is 9.59 Å². The summed E-state index contributed by atoms with van der Waals surface area (Å²) in [6.07, 6.45) is 4.92. The second kappa shape index (κ2) is 7.95. The van der Waals surface area contributed by atoms with E-state index in [-0.39, 0.29) is 18.5 Å². The first kappa shape index (κ1) is 18.5. The highest BCUT2D eigenvalue weighted by molar-refractivity contribution is 5.93. The zero-order valence-corrected chi connectivity index (χ0v) is 15.2. The topological polar surface area (TPSA) is 88.1 Å². The second-order valence-corrected chi connectivity index (χ2v) is 6.99. The summed E-state index contributed by atoms with van der Waals surface area (Å²) in [6, 6.07) is 4.78. The van der Waals surface area contributed by atoms with E-state index in [1.165, 1.54) is 7.11 Å². The number of benzene rings is 1. The molecule has 3 unspecified atom stereocenters. The number of nitrogens with zero attached hydrogens (tertiary/aromatic N) is 1. The number of anilines is 1. The number of carboxylic acids is 1. The van der Waals surface area contributed by atoms with Crippen LogP contribution in [0.3, 0.4) is 0 Å². The number of methoxy groups -OCH3 is 2. The molecule has 1 aromatic rings. The molecule has 3 atom stereocenters. The molecule has 2 aliphatic rings. The van der Waals surface area contributed by atoms with Gasteiger partial charge in [0.2, 0.25) is 5.91 Å². The van der Waals surface area contributed by atoms with E-state index in [2.05, 4.69) is 5.32 Å². The molecule has 1 aliphatic heterocycles. The Balaban J connectivity index is 1.69. The fraction of sp³-hybridized carbons (Fsp3) is 0.579. The zero-order chi connectivity index (χ0) is 18.7. The molecule has 7 nitrogen and oxygen atoms in total. The third kappa shape index (κ3) is 3.77. The summed E-state index contributed by atoms with van der Waals surface area (Å²) in [5.74, 6) is 0.454. The highest BCUT2D eigenvalue weighted by Gasteiger charge is 2.45. The molecule has 0 radical (unpaired) electrons. The lowest BCUT2D eigenvalue weighted by Gasteiger charge is -2.32. The zero-order valence-electron chi connectivity index (χ0n) is 15.2. The van der Waals surface area contributed by atoms with Gasteiger partial charge in [-0.15, -0.1) is 0 Å².